The minimum absolute atomic E-state index is 0.0800. The first-order valence-electron chi connectivity index (χ1n) is 5.46. The Hall–Kier alpha value is -1.69. The van der Waals surface area contributed by atoms with E-state index in [0.29, 0.717) is 6.42 Å². The van der Waals surface area contributed by atoms with Crippen LogP contribution in [0, 0.1) is 5.82 Å². The second kappa shape index (κ2) is 4.53. The van der Waals surface area contributed by atoms with E-state index in [2.05, 4.69) is 5.10 Å². The molecule has 0 aliphatic heterocycles. The maximum atomic E-state index is 13.8. The quantitative estimate of drug-likeness (QED) is 0.800. The van der Waals surface area contributed by atoms with Gasteiger partial charge in [0.25, 0.3) is 0 Å². The van der Waals surface area contributed by atoms with Crippen LogP contribution in [0.25, 0.3) is 5.69 Å². The molecule has 6 heteroatoms. The summed E-state index contributed by atoms with van der Waals surface area (Å²) in [6.45, 7) is 1.92. The molecule has 4 nitrogen and oxygen atoms in total. The molecular formula is C12H13FN2O2S. The lowest BCUT2D eigenvalue weighted by Gasteiger charge is -2.08. The van der Waals surface area contributed by atoms with Crippen LogP contribution in [-0.4, -0.2) is 24.5 Å². The van der Waals surface area contributed by atoms with Gasteiger partial charge < -0.3 is 0 Å². The summed E-state index contributed by atoms with van der Waals surface area (Å²) < 4.78 is 38.1. The molecule has 2 aromatic rings. The van der Waals surface area contributed by atoms with E-state index in [-0.39, 0.29) is 10.6 Å². The average molecular weight is 268 g/mol. The highest BCUT2D eigenvalue weighted by atomic mass is 32.2. The van der Waals surface area contributed by atoms with Crippen LogP contribution in [0.2, 0.25) is 0 Å². The van der Waals surface area contributed by atoms with E-state index in [1.54, 1.807) is 12.3 Å². The molecule has 0 saturated heterocycles. The first-order chi connectivity index (χ1) is 8.43. The van der Waals surface area contributed by atoms with E-state index in [0.717, 1.165) is 18.0 Å². The number of rotatable bonds is 3. The molecule has 1 aromatic heterocycles. The van der Waals surface area contributed by atoms with Crippen LogP contribution in [0.4, 0.5) is 4.39 Å². The molecular weight excluding hydrogens is 255 g/mol. The van der Waals surface area contributed by atoms with E-state index >= 15 is 0 Å². The van der Waals surface area contributed by atoms with Crippen LogP contribution >= 0.6 is 0 Å². The summed E-state index contributed by atoms with van der Waals surface area (Å²) in [4.78, 5) is 0.0800. The molecule has 0 unspecified atom stereocenters. The number of hydrogen-bond acceptors (Lipinski definition) is 3. The molecule has 0 fully saturated rings. The number of benzene rings is 1. The van der Waals surface area contributed by atoms with E-state index in [9.17, 15) is 12.8 Å². The normalized spacial score (nSPS) is 11.7. The Kier molecular flexibility index (Phi) is 3.21. The minimum Gasteiger partial charge on any atom is -0.235 e. The highest BCUT2D eigenvalue weighted by Gasteiger charge is 2.14. The fourth-order valence-electron chi connectivity index (χ4n) is 1.70. The van der Waals surface area contributed by atoms with Crippen molar-refractivity contribution in [2.45, 2.75) is 18.2 Å². The third-order valence-corrected chi connectivity index (χ3v) is 3.77. The number of sulfone groups is 1. The minimum atomic E-state index is -3.36. The Labute approximate surface area is 105 Å². The fraction of sp³-hybridized carbons (Fsp3) is 0.250. The van der Waals surface area contributed by atoms with Gasteiger partial charge in [-0.1, -0.05) is 6.92 Å². The first kappa shape index (κ1) is 12.8. The number of nitrogens with zero attached hydrogens (tertiary/aromatic N) is 2. The van der Waals surface area contributed by atoms with Gasteiger partial charge in [0.05, 0.1) is 4.90 Å². The summed E-state index contributed by atoms with van der Waals surface area (Å²) >= 11 is 0. The maximum Gasteiger partial charge on any atom is 0.175 e. The zero-order valence-corrected chi connectivity index (χ0v) is 10.9. The second-order valence-electron chi connectivity index (χ2n) is 3.97. The van der Waals surface area contributed by atoms with Gasteiger partial charge in [-0.15, -0.1) is 0 Å². The van der Waals surface area contributed by atoms with Gasteiger partial charge in [0.15, 0.2) is 9.84 Å². The highest BCUT2D eigenvalue weighted by Crippen LogP contribution is 2.20. The molecule has 2 rings (SSSR count). The standard InChI is InChI=1S/C12H13FN2O2S/c1-3-9-6-7-14-15(9)12-8-10(18(2,16)17)4-5-11(12)13/h4-8H,3H2,1-2H3. The lowest BCUT2D eigenvalue weighted by Crippen LogP contribution is -2.06. The van der Waals surface area contributed by atoms with Crippen molar-refractivity contribution in [3.05, 3.63) is 42.0 Å². The molecule has 18 heavy (non-hydrogen) atoms. The van der Waals surface area contributed by atoms with Gasteiger partial charge in [0.2, 0.25) is 0 Å². The van der Waals surface area contributed by atoms with Crippen LogP contribution in [0.1, 0.15) is 12.6 Å². The average Bonchev–Trinajstić information content (AvgIpc) is 2.76. The molecule has 1 heterocycles. The molecule has 0 amide bonds. The van der Waals surface area contributed by atoms with Crippen LogP contribution < -0.4 is 0 Å². The molecule has 0 spiro atoms. The molecule has 0 aliphatic rings. The van der Waals surface area contributed by atoms with E-state index in [4.69, 9.17) is 0 Å². The van der Waals surface area contributed by atoms with Crippen molar-refractivity contribution < 1.29 is 12.8 Å². The molecule has 0 aliphatic carbocycles. The van der Waals surface area contributed by atoms with E-state index in [1.807, 2.05) is 6.92 Å². The third kappa shape index (κ3) is 2.28. The lowest BCUT2D eigenvalue weighted by atomic mass is 10.3. The fourth-order valence-corrected chi connectivity index (χ4v) is 2.34. The number of aromatic nitrogens is 2. The predicted octanol–water partition coefficient (Wildman–Crippen LogP) is 1.98. The van der Waals surface area contributed by atoms with Crippen molar-refractivity contribution in [2.24, 2.45) is 0 Å². The highest BCUT2D eigenvalue weighted by molar-refractivity contribution is 7.90. The van der Waals surface area contributed by atoms with Crippen LogP contribution in [0.5, 0.6) is 0 Å². The third-order valence-electron chi connectivity index (χ3n) is 2.66. The van der Waals surface area contributed by atoms with Crippen molar-refractivity contribution in [3.63, 3.8) is 0 Å². The SMILES string of the molecule is CCc1ccnn1-c1cc(S(C)(=O)=O)ccc1F. The molecule has 96 valence electrons. The number of halogens is 1. The first-order valence-corrected chi connectivity index (χ1v) is 7.35. The lowest BCUT2D eigenvalue weighted by molar-refractivity contribution is 0.595. The Morgan fingerprint density at radius 3 is 2.67 bits per heavy atom. The van der Waals surface area contributed by atoms with Crippen LogP contribution in [-0.2, 0) is 16.3 Å². The van der Waals surface area contributed by atoms with Crippen LogP contribution in [0.3, 0.4) is 0 Å². The molecule has 0 N–H and O–H groups in total. The Balaban J connectivity index is 2.64. The zero-order valence-electron chi connectivity index (χ0n) is 10.1. The summed E-state index contributed by atoms with van der Waals surface area (Å²) in [7, 11) is -3.36. The van der Waals surface area contributed by atoms with Crippen molar-refractivity contribution in [3.8, 4) is 5.69 Å². The second-order valence-corrected chi connectivity index (χ2v) is 5.99. The maximum absolute atomic E-state index is 13.8. The van der Waals surface area contributed by atoms with Gasteiger partial charge in [0.1, 0.15) is 11.5 Å². The summed E-state index contributed by atoms with van der Waals surface area (Å²) in [5.74, 6) is -0.499. The van der Waals surface area contributed by atoms with Crippen LogP contribution in [0.15, 0.2) is 35.4 Å². The van der Waals surface area contributed by atoms with Gasteiger partial charge in [-0.2, -0.15) is 5.10 Å². The topological polar surface area (TPSA) is 52.0 Å². The summed E-state index contributed by atoms with van der Waals surface area (Å²) in [6.07, 6.45) is 3.34. The van der Waals surface area contributed by atoms with Crippen molar-refractivity contribution in [1.29, 1.82) is 0 Å². The van der Waals surface area contributed by atoms with Gasteiger partial charge in [-0.25, -0.2) is 17.5 Å². The Morgan fingerprint density at radius 2 is 2.06 bits per heavy atom. The van der Waals surface area contributed by atoms with Crippen molar-refractivity contribution in [1.82, 2.24) is 9.78 Å². The van der Waals surface area contributed by atoms with Crippen molar-refractivity contribution in [2.75, 3.05) is 6.26 Å². The van der Waals surface area contributed by atoms with E-state index in [1.165, 1.54) is 16.8 Å². The molecule has 0 atom stereocenters. The Morgan fingerprint density at radius 1 is 1.33 bits per heavy atom. The predicted molar refractivity (Wildman–Crippen MR) is 66.0 cm³/mol. The smallest absolute Gasteiger partial charge is 0.175 e. The summed E-state index contributed by atoms with van der Waals surface area (Å²) in [5.41, 5.74) is 0.972. The zero-order chi connectivity index (χ0) is 13.3. The van der Waals surface area contributed by atoms with E-state index < -0.39 is 15.7 Å². The number of aryl methyl sites for hydroxylation is 1. The van der Waals surface area contributed by atoms with Crippen molar-refractivity contribution >= 4 is 9.84 Å². The molecule has 1 aromatic carbocycles. The van der Waals surface area contributed by atoms with Gasteiger partial charge >= 0.3 is 0 Å². The monoisotopic (exact) mass is 268 g/mol. The summed E-state index contributed by atoms with van der Waals surface area (Å²) in [6, 6.07) is 5.47. The molecule has 0 radical (unpaired) electrons. The largest absolute Gasteiger partial charge is 0.235 e. The van der Waals surface area contributed by atoms with Gasteiger partial charge in [0, 0.05) is 18.1 Å². The molecule has 0 bridgehead atoms. The number of hydrogen-bond donors (Lipinski definition) is 0. The van der Waals surface area contributed by atoms with Gasteiger partial charge in [-0.3, -0.25) is 0 Å². The summed E-state index contributed by atoms with van der Waals surface area (Å²) in [5, 5.41) is 4.02. The van der Waals surface area contributed by atoms with Gasteiger partial charge in [-0.05, 0) is 30.7 Å². The molecule has 0 saturated carbocycles. The Bertz CT molecular complexity index is 677.